The van der Waals surface area contributed by atoms with E-state index >= 15 is 0 Å². The van der Waals surface area contributed by atoms with E-state index in [4.69, 9.17) is 4.74 Å². The lowest BCUT2D eigenvalue weighted by Gasteiger charge is -2.19. The maximum Gasteiger partial charge on any atom is 0.343 e. The van der Waals surface area contributed by atoms with Crippen LogP contribution in [0.3, 0.4) is 0 Å². The Bertz CT molecular complexity index is 451. The van der Waals surface area contributed by atoms with Crippen LogP contribution >= 0.6 is 0 Å². The summed E-state index contributed by atoms with van der Waals surface area (Å²) in [4.78, 5) is 24.8. The van der Waals surface area contributed by atoms with Crippen LogP contribution in [0.1, 0.15) is 12.7 Å². The molecule has 0 aromatic carbocycles. The zero-order valence-electron chi connectivity index (χ0n) is 9.81. The molecule has 7 nitrogen and oxygen atoms in total. The molecule has 0 aliphatic carbocycles. The van der Waals surface area contributed by atoms with Crippen LogP contribution in [0, 0.1) is 0 Å². The highest BCUT2D eigenvalue weighted by molar-refractivity contribution is 5.77. The van der Waals surface area contributed by atoms with Crippen LogP contribution in [0.5, 0.6) is 0 Å². The minimum Gasteiger partial charge on any atom is -0.372 e. The summed E-state index contributed by atoms with van der Waals surface area (Å²) in [6.45, 7) is 4.08. The number of aromatic amines is 1. The van der Waals surface area contributed by atoms with E-state index < -0.39 is 0 Å². The SMILES string of the molecule is CCOCC(=O)N1CCc2n[nH]c(=O)n2CC1. The highest BCUT2D eigenvalue weighted by Gasteiger charge is 2.20. The third-order valence-corrected chi connectivity index (χ3v) is 2.82. The second kappa shape index (κ2) is 5.13. The second-order valence-corrected chi connectivity index (χ2v) is 3.86. The van der Waals surface area contributed by atoms with E-state index in [-0.39, 0.29) is 18.2 Å². The van der Waals surface area contributed by atoms with Crippen LogP contribution in [0.25, 0.3) is 0 Å². The fraction of sp³-hybridized carbons (Fsp3) is 0.700. The van der Waals surface area contributed by atoms with Crippen LogP contribution in [0.4, 0.5) is 0 Å². The smallest absolute Gasteiger partial charge is 0.343 e. The number of ether oxygens (including phenoxy) is 1. The van der Waals surface area contributed by atoms with E-state index in [0.717, 1.165) is 0 Å². The summed E-state index contributed by atoms with van der Waals surface area (Å²) >= 11 is 0. The summed E-state index contributed by atoms with van der Waals surface area (Å²) < 4.78 is 6.67. The van der Waals surface area contributed by atoms with Crippen molar-refractivity contribution in [2.24, 2.45) is 0 Å². The molecule has 1 N–H and O–H groups in total. The first kappa shape index (κ1) is 11.8. The molecule has 2 rings (SSSR count). The molecule has 1 aliphatic heterocycles. The average Bonchev–Trinajstić information content (AvgIpc) is 2.57. The van der Waals surface area contributed by atoms with Gasteiger partial charge in [-0.15, -0.1) is 0 Å². The van der Waals surface area contributed by atoms with Crippen molar-refractivity contribution in [2.45, 2.75) is 19.9 Å². The quantitative estimate of drug-likeness (QED) is 0.734. The monoisotopic (exact) mass is 240 g/mol. The van der Waals surface area contributed by atoms with Gasteiger partial charge in [-0.25, -0.2) is 9.89 Å². The fourth-order valence-electron chi connectivity index (χ4n) is 1.87. The molecule has 1 aromatic heterocycles. The van der Waals surface area contributed by atoms with Gasteiger partial charge in [0.05, 0.1) is 0 Å². The molecule has 94 valence electrons. The molecule has 0 saturated carbocycles. The van der Waals surface area contributed by atoms with Crippen LogP contribution in [-0.2, 0) is 22.5 Å². The molecule has 2 heterocycles. The zero-order valence-corrected chi connectivity index (χ0v) is 9.81. The predicted octanol–water partition coefficient (Wildman–Crippen LogP) is -1.01. The number of amides is 1. The molecule has 0 atom stereocenters. The molecule has 0 saturated heterocycles. The molecule has 1 aliphatic rings. The van der Waals surface area contributed by atoms with Gasteiger partial charge in [0.2, 0.25) is 5.91 Å². The maximum absolute atomic E-state index is 11.8. The summed E-state index contributed by atoms with van der Waals surface area (Å²) in [5, 5.41) is 6.34. The first-order valence-electron chi connectivity index (χ1n) is 5.72. The van der Waals surface area contributed by atoms with Gasteiger partial charge in [0.15, 0.2) is 0 Å². The van der Waals surface area contributed by atoms with E-state index in [1.54, 1.807) is 9.47 Å². The molecule has 0 spiro atoms. The summed E-state index contributed by atoms with van der Waals surface area (Å²) in [6, 6.07) is 0. The van der Waals surface area contributed by atoms with Gasteiger partial charge < -0.3 is 9.64 Å². The van der Waals surface area contributed by atoms with Gasteiger partial charge in [0, 0.05) is 32.7 Å². The first-order valence-corrected chi connectivity index (χ1v) is 5.72. The van der Waals surface area contributed by atoms with Gasteiger partial charge in [0.25, 0.3) is 0 Å². The Morgan fingerprint density at radius 2 is 2.29 bits per heavy atom. The Kier molecular flexibility index (Phi) is 3.58. The van der Waals surface area contributed by atoms with E-state index in [1.807, 2.05) is 6.92 Å². The average molecular weight is 240 g/mol. The molecule has 0 unspecified atom stereocenters. The van der Waals surface area contributed by atoms with Crippen LogP contribution in [0.15, 0.2) is 4.79 Å². The van der Waals surface area contributed by atoms with Gasteiger partial charge in [-0.3, -0.25) is 9.36 Å². The largest absolute Gasteiger partial charge is 0.372 e. The molecule has 0 fully saturated rings. The first-order chi connectivity index (χ1) is 8.22. The van der Waals surface area contributed by atoms with Crippen molar-refractivity contribution in [3.05, 3.63) is 16.3 Å². The molecule has 1 aromatic rings. The molecule has 17 heavy (non-hydrogen) atoms. The van der Waals surface area contributed by atoms with Crippen LogP contribution in [-0.4, -0.2) is 51.9 Å². The normalized spacial score (nSPS) is 15.5. The highest BCUT2D eigenvalue weighted by Crippen LogP contribution is 2.03. The Morgan fingerprint density at radius 3 is 3.06 bits per heavy atom. The van der Waals surface area contributed by atoms with E-state index in [9.17, 15) is 9.59 Å². The lowest BCUT2D eigenvalue weighted by Crippen LogP contribution is -2.36. The Balaban J connectivity index is 1.99. The minimum atomic E-state index is -0.209. The maximum atomic E-state index is 11.8. The number of carbonyl (C=O) groups is 1. The van der Waals surface area contributed by atoms with Crippen molar-refractivity contribution in [1.82, 2.24) is 19.7 Å². The summed E-state index contributed by atoms with van der Waals surface area (Å²) in [6.07, 6.45) is 0.594. The number of rotatable bonds is 3. The second-order valence-electron chi connectivity index (χ2n) is 3.86. The third-order valence-electron chi connectivity index (χ3n) is 2.82. The number of aromatic nitrogens is 3. The van der Waals surface area contributed by atoms with Crippen molar-refractivity contribution in [3.8, 4) is 0 Å². The number of fused-ring (bicyclic) bond motifs is 1. The van der Waals surface area contributed by atoms with E-state index in [0.29, 0.717) is 38.5 Å². The van der Waals surface area contributed by atoms with Gasteiger partial charge in [-0.1, -0.05) is 0 Å². The molecular formula is C10H16N4O3. The Labute approximate surface area is 98.4 Å². The number of H-pyrrole nitrogens is 1. The van der Waals surface area contributed by atoms with E-state index in [2.05, 4.69) is 10.2 Å². The van der Waals surface area contributed by atoms with Gasteiger partial charge >= 0.3 is 5.69 Å². The highest BCUT2D eigenvalue weighted by atomic mass is 16.5. The summed E-state index contributed by atoms with van der Waals surface area (Å²) in [5.41, 5.74) is -0.209. The predicted molar refractivity (Wildman–Crippen MR) is 59.6 cm³/mol. The van der Waals surface area contributed by atoms with Crippen molar-refractivity contribution in [3.63, 3.8) is 0 Å². The minimum absolute atomic E-state index is 0.0333. The van der Waals surface area contributed by atoms with Crippen molar-refractivity contribution >= 4 is 5.91 Å². The number of nitrogens with zero attached hydrogens (tertiary/aromatic N) is 3. The number of hydrogen-bond acceptors (Lipinski definition) is 4. The van der Waals surface area contributed by atoms with Crippen molar-refractivity contribution in [1.29, 1.82) is 0 Å². The van der Waals surface area contributed by atoms with Gasteiger partial charge in [-0.2, -0.15) is 5.10 Å². The van der Waals surface area contributed by atoms with E-state index in [1.165, 1.54) is 0 Å². The molecule has 0 radical (unpaired) electrons. The molecule has 1 amide bonds. The Morgan fingerprint density at radius 1 is 1.47 bits per heavy atom. The summed E-state index contributed by atoms with van der Waals surface area (Å²) in [7, 11) is 0. The van der Waals surface area contributed by atoms with Crippen molar-refractivity contribution in [2.75, 3.05) is 26.3 Å². The van der Waals surface area contributed by atoms with Gasteiger partial charge in [-0.05, 0) is 6.92 Å². The number of carbonyl (C=O) groups excluding carboxylic acids is 1. The number of nitrogens with one attached hydrogen (secondary N) is 1. The lowest BCUT2D eigenvalue weighted by molar-refractivity contribution is -0.135. The molecule has 0 bridgehead atoms. The third kappa shape index (κ3) is 2.55. The Hall–Kier alpha value is -1.63. The fourth-order valence-corrected chi connectivity index (χ4v) is 1.87. The van der Waals surface area contributed by atoms with Crippen molar-refractivity contribution < 1.29 is 9.53 Å². The van der Waals surface area contributed by atoms with Gasteiger partial charge in [0.1, 0.15) is 12.4 Å². The topological polar surface area (TPSA) is 80.2 Å². The molecular weight excluding hydrogens is 224 g/mol. The lowest BCUT2D eigenvalue weighted by atomic mass is 10.3. The number of hydrogen-bond donors (Lipinski definition) is 1. The van der Waals surface area contributed by atoms with Crippen LogP contribution < -0.4 is 5.69 Å². The summed E-state index contributed by atoms with van der Waals surface area (Å²) in [5.74, 6) is 0.677. The standard InChI is InChI=1S/C10H16N4O3/c1-2-17-7-9(15)13-4-3-8-11-12-10(16)14(8)6-5-13/h2-7H2,1H3,(H,12,16). The zero-order chi connectivity index (χ0) is 12.3. The van der Waals surface area contributed by atoms with Crippen LogP contribution in [0.2, 0.25) is 0 Å². The molecule has 7 heteroatoms.